The van der Waals surface area contributed by atoms with Gasteiger partial charge in [0.2, 0.25) is 5.95 Å². The molecule has 1 aliphatic heterocycles. The summed E-state index contributed by atoms with van der Waals surface area (Å²) in [6, 6.07) is 0.942. The Labute approximate surface area is 137 Å². The first-order chi connectivity index (χ1) is 11.4. The smallest absolute Gasteiger partial charge is 0.340 e. The molecule has 3 heterocycles. The fourth-order valence-corrected chi connectivity index (χ4v) is 2.75. The second-order valence-electron chi connectivity index (χ2n) is 5.72. The number of likely N-dealkylation sites (N-methyl/N-ethyl adjacent to an activating group) is 1. The van der Waals surface area contributed by atoms with Crippen molar-refractivity contribution in [1.29, 1.82) is 0 Å². The lowest BCUT2D eigenvalue weighted by Crippen LogP contribution is -2.36. The maximum Gasteiger partial charge on any atom is 0.433 e. The summed E-state index contributed by atoms with van der Waals surface area (Å²) in [5.74, 6) is 0.0937. The predicted molar refractivity (Wildman–Crippen MR) is 81.2 cm³/mol. The van der Waals surface area contributed by atoms with Crippen LogP contribution < -0.4 is 4.90 Å². The van der Waals surface area contributed by atoms with E-state index < -0.39 is 11.9 Å². The first-order valence-corrected chi connectivity index (χ1v) is 7.54. The molecule has 6 nitrogen and oxygen atoms in total. The molecule has 9 heteroatoms. The molecule has 0 bridgehead atoms. The highest BCUT2D eigenvalue weighted by molar-refractivity contribution is 5.32. The Morgan fingerprint density at radius 1 is 1.25 bits per heavy atom. The van der Waals surface area contributed by atoms with Gasteiger partial charge in [-0.05, 0) is 12.5 Å². The van der Waals surface area contributed by atoms with Crippen LogP contribution in [0.5, 0.6) is 0 Å². The lowest BCUT2D eigenvalue weighted by Gasteiger charge is -2.25. The second kappa shape index (κ2) is 6.68. The van der Waals surface area contributed by atoms with Crippen LogP contribution in [0.4, 0.5) is 19.1 Å². The van der Waals surface area contributed by atoms with Gasteiger partial charge >= 0.3 is 6.18 Å². The number of anilines is 1. The van der Waals surface area contributed by atoms with E-state index in [4.69, 9.17) is 0 Å². The van der Waals surface area contributed by atoms with Gasteiger partial charge in [-0.15, -0.1) is 0 Å². The molecule has 0 saturated carbocycles. The Morgan fingerprint density at radius 3 is 2.79 bits per heavy atom. The van der Waals surface area contributed by atoms with Crippen LogP contribution in [0.3, 0.4) is 0 Å². The molecule has 3 rings (SSSR count). The molecule has 1 atom stereocenters. The number of alkyl halides is 3. The normalized spacial score (nSPS) is 18.8. The summed E-state index contributed by atoms with van der Waals surface area (Å²) in [4.78, 5) is 19.8. The number of nitrogens with zero attached hydrogens (tertiary/aromatic N) is 6. The highest BCUT2D eigenvalue weighted by Crippen LogP contribution is 2.28. The molecule has 0 N–H and O–H groups in total. The van der Waals surface area contributed by atoms with Crippen molar-refractivity contribution < 1.29 is 13.2 Å². The molecular weight excluding hydrogens is 321 g/mol. The summed E-state index contributed by atoms with van der Waals surface area (Å²) >= 11 is 0. The van der Waals surface area contributed by atoms with Gasteiger partial charge in [-0.25, -0.2) is 9.97 Å². The molecule has 1 aliphatic rings. The third-order valence-corrected chi connectivity index (χ3v) is 4.05. The molecule has 0 aliphatic carbocycles. The van der Waals surface area contributed by atoms with Crippen molar-refractivity contribution in [2.75, 3.05) is 25.0 Å². The van der Waals surface area contributed by atoms with E-state index in [1.807, 2.05) is 0 Å². The zero-order chi connectivity index (χ0) is 17.2. The highest BCUT2D eigenvalue weighted by Gasteiger charge is 2.34. The van der Waals surface area contributed by atoms with Crippen LogP contribution in [0, 0.1) is 0 Å². The van der Waals surface area contributed by atoms with Gasteiger partial charge < -0.3 is 4.90 Å². The maximum absolute atomic E-state index is 12.8. The Bertz CT molecular complexity index is 678. The average molecular weight is 338 g/mol. The van der Waals surface area contributed by atoms with Crippen LogP contribution >= 0.6 is 0 Å². The summed E-state index contributed by atoms with van der Waals surface area (Å²) in [7, 11) is 1.73. The van der Waals surface area contributed by atoms with Crippen molar-refractivity contribution in [3.8, 4) is 0 Å². The zero-order valence-corrected chi connectivity index (χ0v) is 13.1. The molecule has 0 spiro atoms. The number of hydrogen-bond acceptors (Lipinski definition) is 6. The van der Waals surface area contributed by atoms with Gasteiger partial charge in [-0.3, -0.25) is 14.9 Å². The van der Waals surface area contributed by atoms with Crippen LogP contribution in [0.1, 0.15) is 17.8 Å². The molecule has 0 amide bonds. The fraction of sp³-hybridized carbons (Fsp3) is 0.467. The molecule has 128 valence electrons. The van der Waals surface area contributed by atoms with Crippen LogP contribution in [0.15, 0.2) is 30.9 Å². The monoisotopic (exact) mass is 338 g/mol. The van der Waals surface area contributed by atoms with E-state index in [-0.39, 0.29) is 12.0 Å². The van der Waals surface area contributed by atoms with Crippen molar-refractivity contribution in [1.82, 2.24) is 24.8 Å². The van der Waals surface area contributed by atoms with Gasteiger partial charge in [0, 0.05) is 57.5 Å². The minimum atomic E-state index is -4.47. The van der Waals surface area contributed by atoms with E-state index in [1.165, 1.54) is 0 Å². The van der Waals surface area contributed by atoms with Gasteiger partial charge in [-0.1, -0.05) is 0 Å². The first kappa shape index (κ1) is 16.6. The topological polar surface area (TPSA) is 58.0 Å². The fourth-order valence-electron chi connectivity index (χ4n) is 2.75. The van der Waals surface area contributed by atoms with Crippen molar-refractivity contribution >= 4 is 5.95 Å². The Hall–Kier alpha value is -2.29. The van der Waals surface area contributed by atoms with Crippen molar-refractivity contribution in [3.63, 3.8) is 0 Å². The van der Waals surface area contributed by atoms with Gasteiger partial charge in [0.25, 0.3) is 0 Å². The summed E-state index contributed by atoms with van der Waals surface area (Å²) in [6.07, 6.45) is 2.49. The van der Waals surface area contributed by atoms with Crippen molar-refractivity contribution in [2.24, 2.45) is 0 Å². The van der Waals surface area contributed by atoms with Crippen molar-refractivity contribution in [2.45, 2.75) is 25.2 Å². The van der Waals surface area contributed by atoms with E-state index in [1.54, 1.807) is 30.5 Å². The standard InChI is InChI=1S/C15H17F3N6/c1-23(14-21-4-2-13(22-14)15(16,17)18)12-3-7-24(10-12)9-11-8-19-5-6-20-11/h2,4-6,8,12H,3,7,9-10H2,1H3. The summed E-state index contributed by atoms with van der Waals surface area (Å²) in [6.45, 7) is 2.22. The maximum atomic E-state index is 12.8. The van der Waals surface area contributed by atoms with Gasteiger partial charge in [0.1, 0.15) is 5.69 Å². The van der Waals surface area contributed by atoms with E-state index >= 15 is 0 Å². The molecule has 0 aromatic carbocycles. The molecule has 24 heavy (non-hydrogen) atoms. The molecule has 2 aromatic heterocycles. The average Bonchev–Trinajstić information content (AvgIpc) is 3.03. The molecule has 1 unspecified atom stereocenters. The number of hydrogen-bond donors (Lipinski definition) is 0. The Balaban J connectivity index is 1.65. The van der Waals surface area contributed by atoms with E-state index in [0.717, 1.165) is 30.9 Å². The van der Waals surface area contributed by atoms with Crippen LogP contribution in [-0.4, -0.2) is 51.0 Å². The summed E-state index contributed by atoms with van der Waals surface area (Å²) in [5.41, 5.74) is -0.0510. The van der Waals surface area contributed by atoms with Gasteiger partial charge in [0.05, 0.1) is 5.69 Å². The SMILES string of the molecule is CN(c1nccc(C(F)(F)F)n1)C1CCN(Cc2cnccn2)C1. The lowest BCUT2D eigenvalue weighted by molar-refractivity contribution is -0.141. The number of likely N-dealkylation sites (tertiary alicyclic amines) is 1. The molecule has 0 radical (unpaired) electrons. The Kier molecular flexibility index (Phi) is 4.61. The molecule has 2 aromatic rings. The quantitative estimate of drug-likeness (QED) is 0.850. The van der Waals surface area contributed by atoms with Crippen molar-refractivity contribution in [3.05, 3.63) is 42.2 Å². The molecular formula is C15H17F3N6. The number of halogens is 3. The van der Waals surface area contributed by atoms with Gasteiger partial charge in [-0.2, -0.15) is 13.2 Å². The third kappa shape index (κ3) is 3.78. The number of aromatic nitrogens is 4. The minimum absolute atomic E-state index is 0.0603. The molecule has 1 fully saturated rings. The van der Waals surface area contributed by atoms with Crippen LogP contribution in [0.2, 0.25) is 0 Å². The highest BCUT2D eigenvalue weighted by atomic mass is 19.4. The van der Waals surface area contributed by atoms with Crippen LogP contribution in [0.25, 0.3) is 0 Å². The summed E-state index contributed by atoms with van der Waals surface area (Å²) < 4.78 is 38.3. The van der Waals surface area contributed by atoms with E-state index in [9.17, 15) is 13.2 Å². The predicted octanol–water partition coefficient (Wildman–Crippen LogP) is 2.00. The number of rotatable bonds is 4. The lowest BCUT2D eigenvalue weighted by atomic mass is 10.2. The van der Waals surface area contributed by atoms with Gasteiger partial charge in [0.15, 0.2) is 0 Å². The van der Waals surface area contributed by atoms with E-state index in [2.05, 4.69) is 24.8 Å². The van der Waals surface area contributed by atoms with Crippen LogP contribution in [-0.2, 0) is 12.7 Å². The minimum Gasteiger partial charge on any atom is -0.340 e. The first-order valence-electron chi connectivity index (χ1n) is 7.54. The molecule has 1 saturated heterocycles. The Morgan fingerprint density at radius 2 is 2.08 bits per heavy atom. The van der Waals surface area contributed by atoms with E-state index in [0.29, 0.717) is 13.1 Å². The third-order valence-electron chi connectivity index (χ3n) is 4.05. The largest absolute Gasteiger partial charge is 0.433 e. The zero-order valence-electron chi connectivity index (χ0n) is 13.1. The second-order valence-corrected chi connectivity index (χ2v) is 5.72. The summed E-state index contributed by atoms with van der Waals surface area (Å²) in [5, 5.41) is 0.